The number of hydrazine groups is 1. The molecule has 0 aromatic heterocycles. The fourth-order valence-electron chi connectivity index (χ4n) is 3.12. The van der Waals surface area contributed by atoms with Gasteiger partial charge in [-0.3, -0.25) is 10.0 Å². The minimum absolute atomic E-state index is 0.0452. The van der Waals surface area contributed by atoms with Gasteiger partial charge in [0.15, 0.2) is 0 Å². The molecule has 29 heavy (non-hydrogen) atoms. The number of aryl methyl sites for hydroxylation is 1. The van der Waals surface area contributed by atoms with E-state index in [2.05, 4.69) is 24.0 Å². The molecule has 3 rings (SSSR count). The monoisotopic (exact) mass is 409 g/mol. The highest BCUT2D eigenvalue weighted by Crippen LogP contribution is 2.31. The Morgan fingerprint density at radius 2 is 2.03 bits per heavy atom. The SMILES string of the molecule is CCCSc1ccc(C2=NCC(N(N)CC)=Nc3cc(C#N)c(F)cc32)c(C)c1. The normalized spacial score (nSPS) is 13.1. The summed E-state index contributed by atoms with van der Waals surface area (Å²) >= 11 is 1.81. The van der Waals surface area contributed by atoms with Gasteiger partial charge in [0.25, 0.3) is 0 Å². The molecule has 0 unspecified atom stereocenters. The zero-order valence-electron chi connectivity index (χ0n) is 16.9. The van der Waals surface area contributed by atoms with Crippen LogP contribution >= 0.6 is 11.8 Å². The molecule has 0 spiro atoms. The summed E-state index contributed by atoms with van der Waals surface area (Å²) in [6.45, 7) is 6.95. The van der Waals surface area contributed by atoms with Gasteiger partial charge in [0, 0.05) is 22.6 Å². The van der Waals surface area contributed by atoms with Gasteiger partial charge < -0.3 is 0 Å². The van der Waals surface area contributed by atoms with E-state index in [0.717, 1.165) is 23.3 Å². The van der Waals surface area contributed by atoms with Crippen molar-refractivity contribution in [2.75, 3.05) is 18.8 Å². The molecule has 0 saturated heterocycles. The van der Waals surface area contributed by atoms with E-state index in [1.807, 2.05) is 37.7 Å². The number of likely N-dealkylation sites (N-methyl/N-ethyl adjacent to an activating group) is 1. The second-order valence-electron chi connectivity index (χ2n) is 6.77. The fourth-order valence-corrected chi connectivity index (χ4v) is 3.98. The standard InChI is InChI=1S/C22H24FN5S/c1-4-8-29-16-6-7-17(14(3)9-16)22-18-11-19(23)15(12-24)10-20(18)27-21(13-26-22)28(25)5-2/h6-7,9-11H,4-5,8,13,25H2,1-3H3. The fraction of sp³-hybridized carbons (Fsp3) is 0.318. The van der Waals surface area contributed by atoms with Gasteiger partial charge in [-0.2, -0.15) is 5.26 Å². The van der Waals surface area contributed by atoms with Crippen LogP contribution in [0.2, 0.25) is 0 Å². The molecule has 0 saturated carbocycles. The third-order valence-corrected chi connectivity index (χ3v) is 5.89. The lowest BCUT2D eigenvalue weighted by Gasteiger charge is -2.16. The van der Waals surface area contributed by atoms with Crippen LogP contribution in [-0.2, 0) is 0 Å². The van der Waals surface area contributed by atoms with Crippen LogP contribution in [0.5, 0.6) is 0 Å². The molecule has 1 heterocycles. The Morgan fingerprint density at radius 1 is 1.24 bits per heavy atom. The van der Waals surface area contributed by atoms with E-state index < -0.39 is 5.82 Å². The van der Waals surface area contributed by atoms with Crippen LogP contribution in [-0.4, -0.2) is 35.4 Å². The van der Waals surface area contributed by atoms with E-state index >= 15 is 0 Å². The molecule has 2 N–H and O–H groups in total. The van der Waals surface area contributed by atoms with Crippen molar-refractivity contribution < 1.29 is 4.39 Å². The zero-order valence-corrected chi connectivity index (χ0v) is 17.7. The number of nitriles is 1. The van der Waals surface area contributed by atoms with Crippen molar-refractivity contribution >= 4 is 29.0 Å². The lowest BCUT2D eigenvalue weighted by molar-refractivity contribution is 0.459. The maximum atomic E-state index is 14.5. The number of nitrogens with zero attached hydrogens (tertiary/aromatic N) is 4. The summed E-state index contributed by atoms with van der Waals surface area (Å²) in [5, 5.41) is 10.8. The minimum atomic E-state index is -0.578. The Kier molecular flexibility index (Phi) is 6.68. The number of hydrogen-bond donors (Lipinski definition) is 1. The molecule has 2 aromatic carbocycles. The largest absolute Gasteiger partial charge is 0.297 e. The molecule has 2 aromatic rings. The summed E-state index contributed by atoms with van der Waals surface area (Å²) < 4.78 is 14.5. The van der Waals surface area contributed by atoms with Crippen molar-refractivity contribution in [3.8, 4) is 6.07 Å². The van der Waals surface area contributed by atoms with Gasteiger partial charge in [0.05, 0.1) is 23.5 Å². The van der Waals surface area contributed by atoms with Crippen LogP contribution < -0.4 is 5.84 Å². The van der Waals surface area contributed by atoms with E-state index in [1.54, 1.807) is 0 Å². The number of nitrogens with two attached hydrogens (primary N) is 1. The summed E-state index contributed by atoms with van der Waals surface area (Å²) in [5.74, 6) is 7.11. The average Bonchev–Trinajstić information content (AvgIpc) is 2.90. The minimum Gasteiger partial charge on any atom is -0.297 e. The third-order valence-electron chi connectivity index (χ3n) is 4.69. The Hall–Kier alpha value is -2.69. The van der Waals surface area contributed by atoms with Gasteiger partial charge in [0.2, 0.25) is 0 Å². The predicted molar refractivity (Wildman–Crippen MR) is 117 cm³/mol. The molecular formula is C22H24FN5S. The summed E-state index contributed by atoms with van der Waals surface area (Å²) in [7, 11) is 0. The molecule has 0 bridgehead atoms. The van der Waals surface area contributed by atoms with Crippen LogP contribution in [0.15, 0.2) is 45.2 Å². The molecular weight excluding hydrogens is 385 g/mol. The Bertz CT molecular complexity index is 1020. The summed E-state index contributed by atoms with van der Waals surface area (Å²) in [6.07, 6.45) is 1.11. The van der Waals surface area contributed by atoms with E-state index in [1.165, 1.54) is 22.0 Å². The second-order valence-corrected chi connectivity index (χ2v) is 7.93. The van der Waals surface area contributed by atoms with Gasteiger partial charge in [-0.25, -0.2) is 15.2 Å². The quantitative estimate of drug-likeness (QED) is 0.445. The second kappa shape index (κ2) is 9.21. The molecule has 0 radical (unpaired) electrons. The number of amidine groups is 1. The van der Waals surface area contributed by atoms with Crippen molar-refractivity contribution in [1.29, 1.82) is 5.26 Å². The molecule has 1 aliphatic rings. The van der Waals surface area contributed by atoms with Gasteiger partial charge >= 0.3 is 0 Å². The highest BCUT2D eigenvalue weighted by molar-refractivity contribution is 7.99. The summed E-state index contributed by atoms with van der Waals surface area (Å²) in [6, 6.07) is 10.9. The van der Waals surface area contributed by atoms with E-state index in [9.17, 15) is 9.65 Å². The molecule has 150 valence electrons. The average molecular weight is 410 g/mol. The van der Waals surface area contributed by atoms with Crippen molar-refractivity contribution in [2.24, 2.45) is 15.8 Å². The van der Waals surface area contributed by atoms with Crippen molar-refractivity contribution in [3.05, 3.63) is 58.4 Å². The van der Waals surface area contributed by atoms with Gasteiger partial charge in [-0.1, -0.05) is 13.0 Å². The van der Waals surface area contributed by atoms with Gasteiger partial charge in [-0.05, 0) is 55.9 Å². The van der Waals surface area contributed by atoms with Crippen LogP contribution in [0.1, 0.15) is 42.5 Å². The first-order valence-corrected chi connectivity index (χ1v) is 10.6. The molecule has 5 nitrogen and oxygen atoms in total. The maximum absolute atomic E-state index is 14.5. The number of aliphatic imine (C=N–C) groups is 2. The maximum Gasteiger partial charge on any atom is 0.141 e. The number of benzene rings is 2. The lowest BCUT2D eigenvalue weighted by atomic mass is 9.96. The molecule has 0 fully saturated rings. The van der Waals surface area contributed by atoms with Crippen LogP contribution in [0.25, 0.3) is 0 Å². The third kappa shape index (κ3) is 4.50. The van der Waals surface area contributed by atoms with Crippen molar-refractivity contribution in [1.82, 2.24) is 5.01 Å². The van der Waals surface area contributed by atoms with Crippen molar-refractivity contribution in [3.63, 3.8) is 0 Å². The number of hydrogen-bond acceptors (Lipinski definition) is 6. The topological polar surface area (TPSA) is 77.8 Å². The zero-order chi connectivity index (χ0) is 21.0. The molecule has 0 atom stereocenters. The number of rotatable bonds is 5. The number of halogens is 1. The Balaban J connectivity index is 2.13. The number of fused-ring (bicyclic) bond motifs is 1. The Labute approximate surface area is 175 Å². The lowest BCUT2D eigenvalue weighted by Crippen LogP contribution is -2.38. The first-order valence-electron chi connectivity index (χ1n) is 9.60. The smallest absolute Gasteiger partial charge is 0.141 e. The number of thioether (sulfide) groups is 1. The highest BCUT2D eigenvalue weighted by atomic mass is 32.2. The first-order chi connectivity index (χ1) is 14.0. The van der Waals surface area contributed by atoms with Gasteiger partial charge in [0.1, 0.15) is 17.7 Å². The van der Waals surface area contributed by atoms with Crippen molar-refractivity contribution in [2.45, 2.75) is 32.1 Å². The van der Waals surface area contributed by atoms with E-state index in [-0.39, 0.29) is 12.1 Å². The van der Waals surface area contributed by atoms with Crippen LogP contribution in [0.3, 0.4) is 0 Å². The van der Waals surface area contributed by atoms with E-state index in [4.69, 9.17) is 10.8 Å². The van der Waals surface area contributed by atoms with Crippen LogP contribution in [0.4, 0.5) is 10.1 Å². The highest BCUT2D eigenvalue weighted by Gasteiger charge is 2.21. The first kappa shape index (κ1) is 21.0. The molecule has 0 amide bonds. The van der Waals surface area contributed by atoms with E-state index in [0.29, 0.717) is 29.3 Å². The summed E-state index contributed by atoms with van der Waals surface area (Å²) in [5.41, 5.74) is 3.67. The molecule has 1 aliphatic heterocycles. The van der Waals surface area contributed by atoms with Gasteiger partial charge in [-0.15, -0.1) is 11.8 Å². The summed E-state index contributed by atoms with van der Waals surface area (Å²) in [4.78, 5) is 10.5. The Morgan fingerprint density at radius 3 is 2.69 bits per heavy atom. The molecule has 0 aliphatic carbocycles. The molecule has 7 heteroatoms. The van der Waals surface area contributed by atoms with Crippen LogP contribution in [0, 0.1) is 24.1 Å². The predicted octanol–water partition coefficient (Wildman–Crippen LogP) is 4.58.